The maximum Gasteiger partial charge on any atom is 0.244 e. The monoisotopic (exact) mass is 691 g/mol. The van der Waals surface area contributed by atoms with Gasteiger partial charge < -0.3 is 10.2 Å². The Balaban J connectivity index is 2.12. The summed E-state index contributed by atoms with van der Waals surface area (Å²) in [4.78, 5) is 29.2. The Hall–Kier alpha value is -2.20. The molecule has 0 saturated heterocycles. The smallest absolute Gasteiger partial charge is 0.244 e. The lowest BCUT2D eigenvalue weighted by Crippen LogP contribution is -2.53. The molecular formula is C29H30Cl5N3O4S. The van der Waals surface area contributed by atoms with Crippen LogP contribution in [0.25, 0.3) is 0 Å². The van der Waals surface area contributed by atoms with Crippen LogP contribution in [0.4, 0.5) is 5.69 Å². The first kappa shape index (κ1) is 34.3. The molecule has 0 saturated carbocycles. The zero-order valence-electron chi connectivity index (χ0n) is 23.1. The topological polar surface area (TPSA) is 86.8 Å². The molecule has 7 nitrogen and oxygen atoms in total. The van der Waals surface area contributed by atoms with Gasteiger partial charge in [0.05, 0.1) is 27.0 Å². The third kappa shape index (κ3) is 9.40. The Kier molecular flexibility index (Phi) is 12.2. The second-order valence-electron chi connectivity index (χ2n) is 10.1. The van der Waals surface area contributed by atoms with Crippen molar-refractivity contribution in [3.05, 3.63) is 96.9 Å². The Bertz CT molecular complexity index is 1540. The summed E-state index contributed by atoms with van der Waals surface area (Å²) in [5.74, 6) is -0.919. The highest BCUT2D eigenvalue weighted by Gasteiger charge is 2.34. The van der Waals surface area contributed by atoms with Crippen molar-refractivity contribution >= 4 is 85.5 Å². The number of nitrogens with one attached hydrogen (secondary N) is 1. The number of rotatable bonds is 12. The fraction of sp³-hybridized carbons (Fsp3) is 0.310. The van der Waals surface area contributed by atoms with Crippen LogP contribution in [-0.2, 0) is 32.6 Å². The lowest BCUT2D eigenvalue weighted by molar-refractivity contribution is -0.140. The van der Waals surface area contributed by atoms with Crippen LogP contribution in [0.5, 0.6) is 0 Å². The number of hydrogen-bond acceptors (Lipinski definition) is 4. The van der Waals surface area contributed by atoms with Crippen molar-refractivity contribution in [3.63, 3.8) is 0 Å². The largest absolute Gasteiger partial charge is 0.354 e. The van der Waals surface area contributed by atoms with Gasteiger partial charge in [0.25, 0.3) is 0 Å². The molecule has 0 aliphatic carbocycles. The number of nitrogens with zero attached hydrogens (tertiary/aromatic N) is 2. The first-order chi connectivity index (χ1) is 19.7. The molecule has 42 heavy (non-hydrogen) atoms. The van der Waals surface area contributed by atoms with Gasteiger partial charge in [0.2, 0.25) is 21.8 Å². The van der Waals surface area contributed by atoms with E-state index < -0.39 is 34.4 Å². The van der Waals surface area contributed by atoms with Gasteiger partial charge in [-0.1, -0.05) is 108 Å². The quantitative estimate of drug-likeness (QED) is 0.205. The summed E-state index contributed by atoms with van der Waals surface area (Å²) in [6.07, 6.45) is 1.10. The number of sulfonamides is 1. The Morgan fingerprint density at radius 1 is 0.857 bits per heavy atom. The van der Waals surface area contributed by atoms with Crippen LogP contribution in [0.3, 0.4) is 0 Å². The van der Waals surface area contributed by atoms with Gasteiger partial charge in [-0.3, -0.25) is 13.9 Å². The highest BCUT2D eigenvalue weighted by Crippen LogP contribution is 2.36. The summed E-state index contributed by atoms with van der Waals surface area (Å²) in [7, 11) is -4.06. The summed E-state index contributed by atoms with van der Waals surface area (Å²) < 4.78 is 26.8. The predicted octanol–water partition coefficient (Wildman–Crippen LogP) is 7.13. The number of anilines is 1. The van der Waals surface area contributed by atoms with E-state index >= 15 is 0 Å². The first-order valence-electron chi connectivity index (χ1n) is 12.8. The normalized spacial score (nSPS) is 12.2. The Labute approximate surface area is 271 Å². The van der Waals surface area contributed by atoms with E-state index in [1.807, 2.05) is 44.2 Å². The number of halogens is 5. The molecule has 0 fully saturated rings. The molecule has 0 spiro atoms. The third-order valence-electron chi connectivity index (χ3n) is 6.25. The molecule has 0 aliphatic rings. The molecular weight excluding hydrogens is 664 g/mol. The van der Waals surface area contributed by atoms with E-state index in [1.165, 1.54) is 23.1 Å². The van der Waals surface area contributed by atoms with Gasteiger partial charge in [-0.25, -0.2) is 8.42 Å². The van der Waals surface area contributed by atoms with E-state index in [-0.39, 0.29) is 44.7 Å². The molecule has 13 heteroatoms. The number of carbonyl (C=O) groups excluding carboxylic acids is 2. The van der Waals surface area contributed by atoms with Gasteiger partial charge in [0.1, 0.15) is 12.6 Å². The summed E-state index contributed by atoms with van der Waals surface area (Å²) in [5.41, 5.74) is 1.28. The van der Waals surface area contributed by atoms with Crippen molar-refractivity contribution in [2.24, 2.45) is 5.92 Å². The van der Waals surface area contributed by atoms with Crippen molar-refractivity contribution in [2.75, 3.05) is 23.7 Å². The van der Waals surface area contributed by atoms with Crippen LogP contribution in [0.1, 0.15) is 25.0 Å². The SMILES string of the molecule is CC(C)CNC(=O)C(Cc1ccccc1)N(Cc1ccc(Cl)cc1Cl)C(=O)CN(c1cc(Cl)c(Cl)cc1Cl)S(C)(=O)=O. The van der Waals surface area contributed by atoms with Crippen LogP contribution >= 0.6 is 58.0 Å². The molecule has 226 valence electrons. The van der Waals surface area contributed by atoms with Crippen LogP contribution in [-0.4, -0.2) is 50.5 Å². The molecule has 3 rings (SSSR count). The molecule has 3 aromatic rings. The molecule has 3 aromatic carbocycles. The van der Waals surface area contributed by atoms with Gasteiger partial charge in [-0.2, -0.15) is 0 Å². The summed E-state index contributed by atoms with van der Waals surface area (Å²) >= 11 is 31.2. The third-order valence-corrected chi connectivity index (χ3v) is 8.99. The molecule has 1 unspecified atom stereocenters. The highest BCUT2D eigenvalue weighted by atomic mass is 35.5. The summed E-state index contributed by atoms with van der Waals surface area (Å²) in [6.45, 7) is 3.50. The minimum atomic E-state index is -4.06. The summed E-state index contributed by atoms with van der Waals surface area (Å²) in [6, 6.07) is 15.6. The minimum Gasteiger partial charge on any atom is -0.354 e. The van der Waals surface area contributed by atoms with Gasteiger partial charge in [0.15, 0.2) is 0 Å². The maximum absolute atomic E-state index is 14.2. The average Bonchev–Trinajstić information content (AvgIpc) is 2.91. The second-order valence-corrected chi connectivity index (χ2v) is 14.1. The van der Waals surface area contributed by atoms with Crippen molar-refractivity contribution in [1.29, 1.82) is 0 Å². The zero-order chi connectivity index (χ0) is 31.2. The average molecular weight is 694 g/mol. The van der Waals surface area contributed by atoms with E-state index in [2.05, 4.69) is 5.32 Å². The number of carbonyl (C=O) groups is 2. The molecule has 1 N–H and O–H groups in total. The minimum absolute atomic E-state index is 0.0227. The lowest BCUT2D eigenvalue weighted by atomic mass is 10.0. The maximum atomic E-state index is 14.2. The molecule has 1 atom stereocenters. The van der Waals surface area contributed by atoms with E-state index in [9.17, 15) is 18.0 Å². The Morgan fingerprint density at radius 3 is 2.10 bits per heavy atom. The van der Waals surface area contributed by atoms with Gasteiger partial charge in [0, 0.05) is 29.6 Å². The molecule has 0 bridgehead atoms. The van der Waals surface area contributed by atoms with Crippen molar-refractivity contribution in [3.8, 4) is 0 Å². The molecule has 0 aromatic heterocycles. The molecule has 0 heterocycles. The second kappa shape index (κ2) is 15.0. The summed E-state index contributed by atoms with van der Waals surface area (Å²) in [5, 5.41) is 3.75. The lowest BCUT2D eigenvalue weighted by Gasteiger charge is -2.34. The van der Waals surface area contributed by atoms with Crippen LogP contribution in [0, 0.1) is 5.92 Å². The van der Waals surface area contributed by atoms with Gasteiger partial charge >= 0.3 is 0 Å². The van der Waals surface area contributed by atoms with Gasteiger partial charge in [-0.15, -0.1) is 0 Å². The standard InChI is InChI=1S/C29H30Cl5N3O4S/c1-18(2)15-35-29(39)27(11-19-7-5-4-6-8-19)36(16-20-9-10-21(30)12-22(20)31)28(38)17-37(42(3,40)41)26-14-24(33)23(32)13-25(26)34/h4-10,12-14,18,27H,11,15-17H2,1-3H3,(H,35,39). The fourth-order valence-electron chi connectivity index (χ4n) is 4.11. The van der Waals surface area contributed by atoms with Gasteiger partial charge in [-0.05, 0) is 41.3 Å². The number of amides is 2. The van der Waals surface area contributed by atoms with Crippen LogP contribution < -0.4 is 9.62 Å². The molecule has 0 aliphatic heterocycles. The van der Waals surface area contributed by atoms with Crippen molar-refractivity contribution < 1.29 is 18.0 Å². The van der Waals surface area contributed by atoms with Crippen LogP contribution in [0.2, 0.25) is 25.1 Å². The number of benzene rings is 3. The van der Waals surface area contributed by atoms with Crippen LogP contribution in [0.15, 0.2) is 60.7 Å². The molecule has 2 amide bonds. The van der Waals surface area contributed by atoms with E-state index in [4.69, 9.17) is 58.0 Å². The van der Waals surface area contributed by atoms with E-state index in [1.54, 1.807) is 12.1 Å². The highest BCUT2D eigenvalue weighted by molar-refractivity contribution is 7.92. The predicted molar refractivity (Wildman–Crippen MR) is 172 cm³/mol. The number of hydrogen-bond donors (Lipinski definition) is 1. The van der Waals surface area contributed by atoms with E-state index in [0.29, 0.717) is 17.1 Å². The fourth-order valence-corrected chi connectivity index (χ4v) is 6.12. The van der Waals surface area contributed by atoms with Crippen molar-refractivity contribution in [2.45, 2.75) is 32.9 Å². The Morgan fingerprint density at radius 2 is 1.50 bits per heavy atom. The van der Waals surface area contributed by atoms with Crippen molar-refractivity contribution in [1.82, 2.24) is 10.2 Å². The first-order valence-corrected chi connectivity index (χ1v) is 16.6. The zero-order valence-corrected chi connectivity index (χ0v) is 27.7. The molecule has 0 radical (unpaired) electrons. The van der Waals surface area contributed by atoms with E-state index in [0.717, 1.165) is 16.1 Å².